The number of ether oxygens (including phenoxy) is 3. The monoisotopic (exact) mass is 576 g/mol. The Morgan fingerprint density at radius 3 is 2.07 bits per heavy atom. The lowest BCUT2D eigenvalue weighted by Crippen LogP contribution is -2.30. The fourth-order valence-electron chi connectivity index (χ4n) is 4.08. The van der Waals surface area contributed by atoms with Gasteiger partial charge in [-0.3, -0.25) is 14.4 Å². The molecule has 0 aliphatic heterocycles. The Kier molecular flexibility index (Phi) is 10.5. The maximum atomic E-state index is 13.3. The van der Waals surface area contributed by atoms with Gasteiger partial charge in [0.2, 0.25) is 0 Å². The molecule has 4 rings (SSSR count). The highest BCUT2D eigenvalue weighted by atomic mass is 16.5. The van der Waals surface area contributed by atoms with Gasteiger partial charge in [0.1, 0.15) is 11.4 Å². The second-order valence-corrected chi connectivity index (χ2v) is 9.22. The molecule has 8 heteroatoms. The lowest BCUT2D eigenvalue weighted by atomic mass is 10.1. The molecule has 0 aromatic heterocycles. The van der Waals surface area contributed by atoms with Crippen molar-refractivity contribution in [1.29, 1.82) is 0 Å². The minimum absolute atomic E-state index is 0.0519. The van der Waals surface area contributed by atoms with Gasteiger partial charge in [0.25, 0.3) is 11.8 Å². The van der Waals surface area contributed by atoms with Crippen LogP contribution in [0.15, 0.2) is 109 Å². The predicted octanol–water partition coefficient (Wildman–Crippen LogP) is 6.41. The molecule has 4 aromatic carbocycles. The highest BCUT2D eigenvalue weighted by Gasteiger charge is 2.15. The molecule has 0 saturated heterocycles. The van der Waals surface area contributed by atoms with Crippen LogP contribution in [0, 0.1) is 0 Å². The summed E-state index contributed by atoms with van der Waals surface area (Å²) in [6, 6.07) is 27.7. The number of anilines is 1. The Labute approximate surface area is 250 Å². The molecule has 4 aromatic rings. The second-order valence-electron chi connectivity index (χ2n) is 9.22. The Balaban J connectivity index is 1.48. The van der Waals surface area contributed by atoms with Gasteiger partial charge in [-0.25, -0.2) is 0 Å². The highest BCUT2D eigenvalue weighted by Crippen LogP contribution is 2.28. The van der Waals surface area contributed by atoms with E-state index in [9.17, 15) is 14.4 Å². The molecule has 0 heterocycles. The summed E-state index contributed by atoms with van der Waals surface area (Å²) in [4.78, 5) is 39.0. The van der Waals surface area contributed by atoms with Crippen LogP contribution in [-0.2, 0) is 4.79 Å². The molecule has 0 unspecified atom stereocenters. The molecule has 8 nitrogen and oxygen atoms in total. The van der Waals surface area contributed by atoms with E-state index in [4.69, 9.17) is 14.2 Å². The minimum atomic E-state index is -0.523. The number of carbonyl (C=O) groups is 3. The van der Waals surface area contributed by atoms with E-state index in [2.05, 4.69) is 10.6 Å². The molecule has 2 N–H and O–H groups in total. The van der Waals surface area contributed by atoms with Crippen LogP contribution in [0.4, 0.5) is 5.69 Å². The number of ketones is 1. The number of carbonyl (C=O) groups excluding carboxylic acids is 3. The molecular weight excluding hydrogens is 544 g/mol. The number of methoxy groups -OCH3 is 2. The first-order valence-corrected chi connectivity index (χ1v) is 13.6. The summed E-state index contributed by atoms with van der Waals surface area (Å²) in [6.45, 7) is 2.43. The number of nitrogens with one attached hydrogen (secondary N) is 2. The van der Waals surface area contributed by atoms with Crippen molar-refractivity contribution in [2.45, 2.75) is 6.92 Å². The van der Waals surface area contributed by atoms with Gasteiger partial charge in [-0.15, -0.1) is 0 Å². The van der Waals surface area contributed by atoms with E-state index in [0.29, 0.717) is 46.2 Å². The first kappa shape index (κ1) is 30.3. The van der Waals surface area contributed by atoms with Crippen LogP contribution in [0.25, 0.3) is 12.2 Å². The van der Waals surface area contributed by atoms with Gasteiger partial charge in [0.15, 0.2) is 17.3 Å². The van der Waals surface area contributed by atoms with Crippen molar-refractivity contribution in [3.8, 4) is 17.2 Å². The van der Waals surface area contributed by atoms with Crippen LogP contribution in [0.1, 0.15) is 38.8 Å². The maximum Gasteiger partial charge on any atom is 0.272 e. The van der Waals surface area contributed by atoms with Gasteiger partial charge in [-0.2, -0.15) is 0 Å². The van der Waals surface area contributed by atoms with Crippen LogP contribution in [0.2, 0.25) is 0 Å². The van der Waals surface area contributed by atoms with E-state index in [0.717, 1.165) is 5.56 Å². The first-order valence-electron chi connectivity index (χ1n) is 13.6. The van der Waals surface area contributed by atoms with Crippen molar-refractivity contribution in [1.82, 2.24) is 5.32 Å². The molecule has 43 heavy (non-hydrogen) atoms. The summed E-state index contributed by atoms with van der Waals surface area (Å²) in [5, 5.41) is 5.51. The van der Waals surface area contributed by atoms with Gasteiger partial charge in [-0.1, -0.05) is 42.5 Å². The van der Waals surface area contributed by atoms with Crippen LogP contribution in [0.3, 0.4) is 0 Å². The third kappa shape index (κ3) is 8.43. The summed E-state index contributed by atoms with van der Waals surface area (Å²) < 4.78 is 16.0. The lowest BCUT2D eigenvalue weighted by molar-refractivity contribution is -0.113. The molecular formula is C35H32N2O6. The topological polar surface area (TPSA) is 103 Å². The number of benzene rings is 4. The van der Waals surface area contributed by atoms with Crippen LogP contribution >= 0.6 is 0 Å². The van der Waals surface area contributed by atoms with E-state index in [1.165, 1.54) is 6.08 Å². The van der Waals surface area contributed by atoms with Gasteiger partial charge < -0.3 is 24.8 Å². The third-order valence-electron chi connectivity index (χ3n) is 6.29. The van der Waals surface area contributed by atoms with Crippen molar-refractivity contribution >= 4 is 35.4 Å². The molecule has 0 fully saturated rings. The minimum Gasteiger partial charge on any atom is -0.494 e. The first-order chi connectivity index (χ1) is 20.9. The zero-order valence-electron chi connectivity index (χ0n) is 24.1. The Hall–Kier alpha value is -5.63. The number of hydrogen-bond acceptors (Lipinski definition) is 6. The molecule has 0 aliphatic rings. The summed E-state index contributed by atoms with van der Waals surface area (Å²) in [5.41, 5.74) is 2.84. The largest absolute Gasteiger partial charge is 0.494 e. The van der Waals surface area contributed by atoms with Gasteiger partial charge in [0.05, 0.1) is 20.8 Å². The zero-order valence-corrected chi connectivity index (χ0v) is 24.1. The SMILES string of the molecule is CCOc1ccc(/C=C(\NC(=O)c2ccccc2)C(=O)Nc2ccc(C(=O)/C=C/c3ccc(OC)c(OC)c3)cc2)cc1. The fraction of sp³-hybridized carbons (Fsp3) is 0.114. The van der Waals surface area contributed by atoms with Crippen LogP contribution < -0.4 is 24.8 Å². The van der Waals surface area contributed by atoms with Gasteiger partial charge in [-0.05, 0) is 90.9 Å². The summed E-state index contributed by atoms with van der Waals surface area (Å²) >= 11 is 0. The highest BCUT2D eigenvalue weighted by molar-refractivity contribution is 6.11. The normalized spacial score (nSPS) is 11.1. The standard InChI is InChI=1S/C35H32N2O6/c1-4-43-29-18-10-24(11-19-29)22-30(37-34(39)27-8-6-5-7-9-27)35(40)36-28-16-14-26(15-17-28)31(38)20-12-25-13-21-32(41-2)33(23-25)42-3/h5-23H,4H2,1-3H3,(H,36,40)(H,37,39)/b20-12+,30-22-. The molecule has 0 bridgehead atoms. The maximum absolute atomic E-state index is 13.3. The van der Waals surface area contributed by atoms with E-state index >= 15 is 0 Å². The summed E-state index contributed by atoms with van der Waals surface area (Å²) in [5.74, 6) is 0.709. The smallest absolute Gasteiger partial charge is 0.272 e. The van der Waals surface area contributed by atoms with Crippen molar-refractivity contribution in [2.24, 2.45) is 0 Å². The average Bonchev–Trinajstić information content (AvgIpc) is 3.04. The number of hydrogen-bond donors (Lipinski definition) is 2. The van der Waals surface area contributed by atoms with Crippen LogP contribution in [-0.4, -0.2) is 38.4 Å². The molecule has 0 spiro atoms. The number of rotatable bonds is 12. The van der Waals surface area contributed by atoms with Crippen LogP contribution in [0.5, 0.6) is 17.2 Å². The quantitative estimate of drug-likeness (QED) is 0.149. The zero-order chi connectivity index (χ0) is 30.6. The van der Waals surface area contributed by atoms with E-state index in [1.807, 2.05) is 13.0 Å². The molecule has 0 saturated carbocycles. The van der Waals surface area contributed by atoms with Crippen molar-refractivity contribution in [2.75, 3.05) is 26.1 Å². The molecule has 0 radical (unpaired) electrons. The van der Waals surface area contributed by atoms with Gasteiger partial charge in [0, 0.05) is 16.8 Å². The number of allylic oxidation sites excluding steroid dienone is 1. The summed E-state index contributed by atoms with van der Waals surface area (Å²) in [6.07, 6.45) is 4.74. The number of amides is 2. The third-order valence-corrected chi connectivity index (χ3v) is 6.29. The average molecular weight is 577 g/mol. The van der Waals surface area contributed by atoms with E-state index in [1.54, 1.807) is 117 Å². The predicted molar refractivity (Wildman–Crippen MR) is 167 cm³/mol. The summed E-state index contributed by atoms with van der Waals surface area (Å²) in [7, 11) is 3.11. The Bertz CT molecular complexity index is 1630. The van der Waals surface area contributed by atoms with Crippen molar-refractivity contribution in [3.63, 3.8) is 0 Å². The second kappa shape index (κ2) is 14.8. The lowest BCUT2D eigenvalue weighted by Gasteiger charge is -2.12. The van der Waals surface area contributed by atoms with E-state index < -0.39 is 11.8 Å². The fourth-order valence-corrected chi connectivity index (χ4v) is 4.08. The van der Waals surface area contributed by atoms with Crippen molar-refractivity contribution < 1.29 is 28.6 Å². The molecule has 0 aliphatic carbocycles. The molecule has 2 amide bonds. The Morgan fingerprint density at radius 2 is 1.42 bits per heavy atom. The van der Waals surface area contributed by atoms with E-state index in [-0.39, 0.29) is 11.5 Å². The molecule has 0 atom stereocenters. The van der Waals surface area contributed by atoms with Gasteiger partial charge >= 0.3 is 0 Å². The Morgan fingerprint density at radius 1 is 0.744 bits per heavy atom. The molecule has 218 valence electrons. The van der Waals surface area contributed by atoms with Crippen molar-refractivity contribution in [3.05, 3.63) is 131 Å².